The number of rotatable bonds is 5. The van der Waals surface area contributed by atoms with Crippen LogP contribution < -0.4 is 20.7 Å². The number of nitrogens with zero attached hydrogens (tertiary/aromatic N) is 3. The Balaban J connectivity index is 1.57. The van der Waals surface area contributed by atoms with E-state index in [1.165, 1.54) is 18.2 Å². The molecule has 230 valence electrons. The fourth-order valence-electron chi connectivity index (χ4n) is 5.57. The third kappa shape index (κ3) is 6.37. The monoisotopic (exact) mass is 605 g/mol. The number of H-pyrrole nitrogens is 1. The minimum absolute atomic E-state index is 0.0424. The van der Waals surface area contributed by atoms with Crippen molar-refractivity contribution in [3.8, 4) is 11.1 Å². The molecule has 0 radical (unpaired) electrons. The van der Waals surface area contributed by atoms with E-state index in [2.05, 4.69) is 15.2 Å². The number of amides is 1. The number of halogens is 5. The van der Waals surface area contributed by atoms with Gasteiger partial charge in [0.1, 0.15) is 11.6 Å². The van der Waals surface area contributed by atoms with Gasteiger partial charge in [-0.15, -0.1) is 0 Å². The van der Waals surface area contributed by atoms with Crippen molar-refractivity contribution in [2.75, 3.05) is 61.6 Å². The molecule has 1 amide bonds. The molecule has 2 aromatic carbocycles. The molecule has 2 fully saturated rings. The van der Waals surface area contributed by atoms with Crippen LogP contribution in [0.25, 0.3) is 11.1 Å². The van der Waals surface area contributed by atoms with E-state index in [4.69, 9.17) is 4.74 Å². The number of likely N-dealkylation sites (N-methyl/N-ethyl adjacent to an activating group) is 1. The highest BCUT2D eigenvalue weighted by Crippen LogP contribution is 2.38. The van der Waals surface area contributed by atoms with E-state index in [9.17, 15) is 22.8 Å². The zero-order chi connectivity index (χ0) is 31.1. The third-order valence-electron chi connectivity index (χ3n) is 8.12. The molecule has 2 atom stereocenters. The molecular formula is C30H32F5N5O3. The molecule has 3 aromatic rings. The first-order valence-electron chi connectivity index (χ1n) is 13.9. The van der Waals surface area contributed by atoms with Gasteiger partial charge in [0, 0.05) is 56.1 Å². The number of alkyl halides is 3. The van der Waals surface area contributed by atoms with Crippen molar-refractivity contribution >= 4 is 23.0 Å². The molecule has 0 bridgehead atoms. The quantitative estimate of drug-likeness (QED) is 0.401. The fraction of sp³-hybridized carbons (Fsp3) is 0.400. The largest absolute Gasteiger partial charge is 0.417 e. The highest BCUT2D eigenvalue weighted by Gasteiger charge is 2.36. The first-order valence-corrected chi connectivity index (χ1v) is 13.9. The summed E-state index contributed by atoms with van der Waals surface area (Å²) in [6.07, 6.45) is -4.27. The molecule has 0 aliphatic carbocycles. The summed E-state index contributed by atoms with van der Waals surface area (Å²) in [4.78, 5) is 32.9. The first-order chi connectivity index (χ1) is 20.3. The highest BCUT2D eigenvalue weighted by molar-refractivity contribution is 6.07. The maximum Gasteiger partial charge on any atom is 0.417 e. The van der Waals surface area contributed by atoms with Gasteiger partial charge in [0.25, 0.3) is 5.91 Å². The molecule has 43 heavy (non-hydrogen) atoms. The van der Waals surface area contributed by atoms with E-state index in [-0.39, 0.29) is 34.6 Å². The molecule has 13 heteroatoms. The molecule has 3 heterocycles. The number of piperazine rings is 1. The lowest BCUT2D eigenvalue weighted by Gasteiger charge is -2.44. The number of nitrogens with one attached hydrogen (secondary N) is 2. The molecular weight excluding hydrogens is 573 g/mol. The summed E-state index contributed by atoms with van der Waals surface area (Å²) in [7, 11) is 1.96. The van der Waals surface area contributed by atoms with Gasteiger partial charge in [-0.2, -0.15) is 13.2 Å². The minimum Gasteiger partial charge on any atom is -0.378 e. The molecule has 0 spiro atoms. The number of aromatic nitrogens is 1. The van der Waals surface area contributed by atoms with Gasteiger partial charge in [0.15, 0.2) is 0 Å². The SMILES string of the molecule is CC1CN(c2cc(F)c(-c3ccc(N4CCOCC4)c(F)c3)cc2NC(=O)c2c[nH]c(=O)cc2C(F)(F)F)CC(C)N1C. The van der Waals surface area contributed by atoms with Crippen LogP contribution in [0.4, 0.5) is 39.0 Å². The summed E-state index contributed by atoms with van der Waals surface area (Å²) in [5.41, 5.74) is -2.42. The summed E-state index contributed by atoms with van der Waals surface area (Å²) in [5.74, 6) is -2.41. The van der Waals surface area contributed by atoms with Gasteiger partial charge in [-0.3, -0.25) is 14.5 Å². The summed E-state index contributed by atoms with van der Waals surface area (Å²) < 4.78 is 77.5. The molecule has 2 saturated heterocycles. The fourth-order valence-corrected chi connectivity index (χ4v) is 5.57. The highest BCUT2D eigenvalue weighted by atomic mass is 19.4. The molecule has 8 nitrogen and oxygen atoms in total. The van der Waals surface area contributed by atoms with Crippen LogP contribution >= 0.6 is 0 Å². The molecule has 2 aliphatic heterocycles. The lowest BCUT2D eigenvalue weighted by molar-refractivity contribution is -0.138. The third-order valence-corrected chi connectivity index (χ3v) is 8.12. The Morgan fingerprint density at radius 2 is 1.63 bits per heavy atom. The Labute approximate surface area is 245 Å². The Morgan fingerprint density at radius 3 is 2.26 bits per heavy atom. The number of carbonyl (C=O) groups is 1. The van der Waals surface area contributed by atoms with Crippen LogP contribution in [0.2, 0.25) is 0 Å². The molecule has 0 saturated carbocycles. The van der Waals surface area contributed by atoms with E-state index in [1.807, 2.05) is 30.7 Å². The van der Waals surface area contributed by atoms with Gasteiger partial charge in [0.2, 0.25) is 5.56 Å². The molecule has 5 rings (SSSR count). The van der Waals surface area contributed by atoms with Crippen LogP contribution in [-0.2, 0) is 10.9 Å². The average Bonchev–Trinajstić information content (AvgIpc) is 2.96. The van der Waals surface area contributed by atoms with Gasteiger partial charge in [-0.05, 0) is 50.7 Å². The van der Waals surface area contributed by atoms with Gasteiger partial charge in [0.05, 0.1) is 41.4 Å². The van der Waals surface area contributed by atoms with Gasteiger partial charge in [-0.1, -0.05) is 6.07 Å². The predicted molar refractivity (Wildman–Crippen MR) is 154 cm³/mol. The van der Waals surface area contributed by atoms with Crippen molar-refractivity contribution in [2.45, 2.75) is 32.1 Å². The van der Waals surface area contributed by atoms with Gasteiger partial charge in [-0.25, -0.2) is 8.78 Å². The lowest BCUT2D eigenvalue weighted by Crippen LogP contribution is -2.55. The Morgan fingerprint density at radius 1 is 0.953 bits per heavy atom. The standard InChI is InChI=1S/C30H32F5N5O3/c1-17-15-40(16-18(2)38(17)3)27-13-23(31)20(19-4-5-26(24(32)10-19)39-6-8-43-9-7-39)11-25(27)37-29(42)21-14-36-28(41)12-22(21)30(33,34)35/h4-5,10-14,17-18H,6-9,15-16H2,1-3H3,(H,36,41)(H,37,42). The second-order valence-corrected chi connectivity index (χ2v) is 11.0. The number of carbonyl (C=O) groups excluding carboxylic acids is 1. The molecule has 2 N–H and O–H groups in total. The van der Waals surface area contributed by atoms with Crippen molar-refractivity contribution in [1.82, 2.24) is 9.88 Å². The van der Waals surface area contributed by atoms with Crippen LogP contribution in [0.15, 0.2) is 47.4 Å². The Hall–Kier alpha value is -3.97. The van der Waals surface area contributed by atoms with Crippen LogP contribution in [0.3, 0.4) is 0 Å². The van der Waals surface area contributed by atoms with Crippen molar-refractivity contribution in [3.05, 3.63) is 75.7 Å². The minimum atomic E-state index is -4.97. The lowest BCUT2D eigenvalue weighted by atomic mass is 10.0. The van der Waals surface area contributed by atoms with Crippen LogP contribution in [0.1, 0.15) is 29.8 Å². The zero-order valence-corrected chi connectivity index (χ0v) is 23.9. The van der Waals surface area contributed by atoms with Crippen molar-refractivity contribution in [2.24, 2.45) is 0 Å². The second-order valence-electron chi connectivity index (χ2n) is 11.0. The van der Waals surface area contributed by atoms with Crippen molar-refractivity contribution in [1.29, 1.82) is 0 Å². The number of ether oxygens (including phenoxy) is 1. The van der Waals surface area contributed by atoms with Crippen molar-refractivity contribution < 1.29 is 31.5 Å². The summed E-state index contributed by atoms with van der Waals surface area (Å²) in [6, 6.07) is 7.22. The summed E-state index contributed by atoms with van der Waals surface area (Å²) in [6.45, 7) is 6.80. The number of aromatic amines is 1. The number of morpholine rings is 1. The van der Waals surface area contributed by atoms with Crippen LogP contribution in [0.5, 0.6) is 0 Å². The smallest absolute Gasteiger partial charge is 0.378 e. The number of anilines is 3. The topological polar surface area (TPSA) is 80.9 Å². The predicted octanol–water partition coefficient (Wildman–Crippen LogP) is 4.96. The van der Waals surface area contributed by atoms with E-state index in [0.717, 1.165) is 0 Å². The van der Waals surface area contributed by atoms with E-state index >= 15 is 8.78 Å². The number of pyridine rings is 1. The van der Waals surface area contributed by atoms with Gasteiger partial charge >= 0.3 is 6.18 Å². The molecule has 2 aliphatic rings. The molecule has 1 aromatic heterocycles. The average molecular weight is 606 g/mol. The number of benzene rings is 2. The molecule has 2 unspecified atom stereocenters. The zero-order valence-electron chi connectivity index (χ0n) is 23.9. The summed E-state index contributed by atoms with van der Waals surface area (Å²) >= 11 is 0. The maximum absolute atomic E-state index is 15.8. The normalized spacial score (nSPS) is 19.9. The van der Waals surface area contributed by atoms with E-state index < -0.39 is 40.4 Å². The van der Waals surface area contributed by atoms with Crippen molar-refractivity contribution in [3.63, 3.8) is 0 Å². The second kappa shape index (κ2) is 12.0. The van der Waals surface area contributed by atoms with E-state index in [0.29, 0.717) is 57.3 Å². The van der Waals surface area contributed by atoms with E-state index in [1.54, 1.807) is 12.1 Å². The number of hydrogen-bond donors (Lipinski definition) is 2. The first kappa shape index (κ1) is 30.5. The Bertz CT molecular complexity index is 1560. The summed E-state index contributed by atoms with van der Waals surface area (Å²) in [5, 5.41) is 2.51. The van der Waals surface area contributed by atoms with Gasteiger partial charge < -0.3 is 24.8 Å². The van der Waals surface area contributed by atoms with Crippen LogP contribution in [-0.4, -0.2) is 74.3 Å². The Kier molecular flexibility index (Phi) is 8.48. The van der Waals surface area contributed by atoms with Crippen LogP contribution in [0, 0.1) is 11.6 Å². The number of hydrogen-bond acceptors (Lipinski definition) is 6. The maximum atomic E-state index is 15.8.